The molecule has 6 nitrogen and oxygen atoms in total. The quantitative estimate of drug-likeness (QED) is 0.800. The van der Waals surface area contributed by atoms with Gasteiger partial charge < -0.3 is 15.2 Å². The van der Waals surface area contributed by atoms with E-state index in [0.29, 0.717) is 23.0 Å². The van der Waals surface area contributed by atoms with E-state index in [0.717, 1.165) is 5.69 Å². The molecule has 1 amide bonds. The van der Waals surface area contributed by atoms with Crippen molar-refractivity contribution < 1.29 is 14.6 Å². The second kappa shape index (κ2) is 5.64. The van der Waals surface area contributed by atoms with Crippen molar-refractivity contribution >= 4 is 11.7 Å². The number of aromatic amines is 1. The number of carbonyl (C=O) groups is 1. The lowest BCUT2D eigenvalue weighted by Crippen LogP contribution is -2.12. The Morgan fingerprint density at radius 3 is 2.70 bits per heavy atom. The molecule has 0 spiro atoms. The maximum atomic E-state index is 12.0. The summed E-state index contributed by atoms with van der Waals surface area (Å²) >= 11 is 0. The molecular formula is C14H17N3O3. The van der Waals surface area contributed by atoms with Crippen molar-refractivity contribution in [1.29, 1.82) is 0 Å². The average molecular weight is 275 g/mol. The van der Waals surface area contributed by atoms with Gasteiger partial charge in [0.05, 0.1) is 7.11 Å². The number of amides is 1. The predicted molar refractivity (Wildman–Crippen MR) is 75.3 cm³/mol. The lowest BCUT2D eigenvalue weighted by atomic mass is 10.1. The number of rotatable bonds is 4. The van der Waals surface area contributed by atoms with E-state index in [1.54, 1.807) is 12.1 Å². The molecule has 1 heterocycles. The van der Waals surface area contributed by atoms with Crippen LogP contribution >= 0.6 is 0 Å². The molecule has 1 aromatic heterocycles. The van der Waals surface area contributed by atoms with Gasteiger partial charge in [0.1, 0.15) is 0 Å². The Bertz CT molecular complexity index is 620. The maximum absolute atomic E-state index is 12.0. The van der Waals surface area contributed by atoms with E-state index in [1.165, 1.54) is 19.2 Å². The number of H-pyrrole nitrogens is 1. The van der Waals surface area contributed by atoms with Crippen LogP contribution in [0.1, 0.15) is 35.8 Å². The molecule has 0 bridgehead atoms. The minimum absolute atomic E-state index is 0.0787. The van der Waals surface area contributed by atoms with Crippen molar-refractivity contribution in [1.82, 2.24) is 10.2 Å². The second-order valence-electron chi connectivity index (χ2n) is 4.70. The third-order valence-corrected chi connectivity index (χ3v) is 2.90. The molecule has 0 unspecified atom stereocenters. The highest BCUT2D eigenvalue weighted by Crippen LogP contribution is 2.26. The molecule has 2 aromatic rings. The Morgan fingerprint density at radius 2 is 2.15 bits per heavy atom. The first-order valence-electron chi connectivity index (χ1n) is 6.25. The minimum Gasteiger partial charge on any atom is -0.504 e. The Hall–Kier alpha value is -2.50. The fraction of sp³-hybridized carbons (Fsp3) is 0.286. The minimum atomic E-state index is -0.343. The number of phenols is 1. The average Bonchev–Trinajstić information content (AvgIpc) is 2.87. The molecule has 0 radical (unpaired) electrons. The van der Waals surface area contributed by atoms with Crippen LogP contribution in [-0.4, -0.2) is 28.3 Å². The maximum Gasteiger partial charge on any atom is 0.257 e. The number of carbonyl (C=O) groups excluding carboxylic acids is 1. The van der Waals surface area contributed by atoms with Crippen LogP contribution < -0.4 is 10.1 Å². The van der Waals surface area contributed by atoms with Gasteiger partial charge in [-0.2, -0.15) is 5.10 Å². The summed E-state index contributed by atoms with van der Waals surface area (Å²) in [5.41, 5.74) is 1.27. The number of benzene rings is 1. The zero-order chi connectivity index (χ0) is 14.7. The zero-order valence-electron chi connectivity index (χ0n) is 11.6. The van der Waals surface area contributed by atoms with Gasteiger partial charge in [-0.1, -0.05) is 13.8 Å². The fourth-order valence-electron chi connectivity index (χ4n) is 1.72. The number of nitrogens with zero attached hydrogens (tertiary/aromatic N) is 1. The van der Waals surface area contributed by atoms with Gasteiger partial charge in [0.2, 0.25) is 0 Å². The zero-order valence-corrected chi connectivity index (χ0v) is 11.6. The third kappa shape index (κ3) is 2.90. The first kappa shape index (κ1) is 13.9. The Balaban J connectivity index is 2.13. The molecule has 0 aliphatic rings. The SMILES string of the molecule is COc1ccc(C(=O)Nc2cc(C(C)C)[nH]n2)cc1O. The Kier molecular flexibility index (Phi) is 3.93. The van der Waals surface area contributed by atoms with E-state index < -0.39 is 0 Å². The molecule has 0 fully saturated rings. The number of hydrogen-bond donors (Lipinski definition) is 3. The number of methoxy groups -OCH3 is 1. The molecule has 0 atom stereocenters. The molecule has 2 rings (SSSR count). The fourth-order valence-corrected chi connectivity index (χ4v) is 1.72. The molecule has 3 N–H and O–H groups in total. The highest BCUT2D eigenvalue weighted by molar-refractivity contribution is 6.04. The largest absolute Gasteiger partial charge is 0.504 e. The van der Waals surface area contributed by atoms with Crippen molar-refractivity contribution in [3.63, 3.8) is 0 Å². The van der Waals surface area contributed by atoms with Crippen molar-refractivity contribution in [3.05, 3.63) is 35.5 Å². The summed E-state index contributed by atoms with van der Waals surface area (Å²) in [6, 6.07) is 6.24. The monoisotopic (exact) mass is 275 g/mol. The molecule has 0 aliphatic heterocycles. The molecule has 6 heteroatoms. The standard InChI is InChI=1S/C14H17N3O3/c1-8(2)10-7-13(17-16-10)15-14(19)9-4-5-12(20-3)11(18)6-9/h4-8,18H,1-3H3,(H2,15,16,17,19). The van der Waals surface area contributed by atoms with E-state index in [2.05, 4.69) is 15.5 Å². The molecule has 1 aromatic carbocycles. The normalized spacial score (nSPS) is 10.6. The first-order chi connectivity index (χ1) is 9.51. The van der Waals surface area contributed by atoms with Gasteiger partial charge in [0.15, 0.2) is 17.3 Å². The van der Waals surface area contributed by atoms with E-state index in [4.69, 9.17) is 4.74 Å². The van der Waals surface area contributed by atoms with Crippen LogP contribution in [0.15, 0.2) is 24.3 Å². The van der Waals surface area contributed by atoms with Gasteiger partial charge in [-0.15, -0.1) is 0 Å². The van der Waals surface area contributed by atoms with Crippen molar-refractivity contribution in [3.8, 4) is 11.5 Å². The summed E-state index contributed by atoms with van der Waals surface area (Å²) in [6.45, 7) is 4.06. The van der Waals surface area contributed by atoms with Crippen molar-refractivity contribution in [2.45, 2.75) is 19.8 Å². The van der Waals surface area contributed by atoms with Crippen LogP contribution in [-0.2, 0) is 0 Å². The molecular weight excluding hydrogens is 258 g/mol. The number of ether oxygens (including phenoxy) is 1. The van der Waals surface area contributed by atoms with Gasteiger partial charge in [-0.05, 0) is 24.1 Å². The van der Waals surface area contributed by atoms with Crippen molar-refractivity contribution in [2.24, 2.45) is 0 Å². The van der Waals surface area contributed by atoms with Gasteiger partial charge in [0.25, 0.3) is 5.91 Å². The number of hydrogen-bond acceptors (Lipinski definition) is 4. The van der Waals surface area contributed by atoms with E-state index in [1.807, 2.05) is 13.8 Å². The van der Waals surface area contributed by atoms with E-state index >= 15 is 0 Å². The number of aromatic hydroxyl groups is 1. The lowest BCUT2D eigenvalue weighted by Gasteiger charge is -2.06. The first-order valence-corrected chi connectivity index (χ1v) is 6.25. The summed E-state index contributed by atoms with van der Waals surface area (Å²) in [6.07, 6.45) is 0. The third-order valence-electron chi connectivity index (χ3n) is 2.90. The number of nitrogens with one attached hydrogen (secondary N) is 2. The highest BCUT2D eigenvalue weighted by Gasteiger charge is 2.12. The van der Waals surface area contributed by atoms with Crippen LogP contribution in [0.2, 0.25) is 0 Å². The Morgan fingerprint density at radius 1 is 1.40 bits per heavy atom. The summed E-state index contributed by atoms with van der Waals surface area (Å²) in [5, 5.41) is 19.2. The van der Waals surface area contributed by atoms with E-state index in [-0.39, 0.29) is 11.7 Å². The predicted octanol–water partition coefficient (Wildman–Crippen LogP) is 2.50. The van der Waals surface area contributed by atoms with Crippen LogP contribution in [0, 0.1) is 0 Å². The van der Waals surface area contributed by atoms with E-state index in [9.17, 15) is 9.90 Å². The number of aromatic nitrogens is 2. The van der Waals surface area contributed by atoms with Crippen molar-refractivity contribution in [2.75, 3.05) is 12.4 Å². The molecule has 106 valence electrons. The summed E-state index contributed by atoms with van der Waals surface area (Å²) < 4.78 is 4.93. The summed E-state index contributed by atoms with van der Waals surface area (Å²) in [4.78, 5) is 12.0. The molecule has 20 heavy (non-hydrogen) atoms. The molecule has 0 saturated heterocycles. The topological polar surface area (TPSA) is 87.2 Å². The van der Waals surface area contributed by atoms with Gasteiger partial charge in [0, 0.05) is 17.3 Å². The molecule has 0 saturated carbocycles. The van der Waals surface area contributed by atoms with Gasteiger partial charge in [-0.3, -0.25) is 9.89 Å². The van der Waals surface area contributed by atoms with Gasteiger partial charge >= 0.3 is 0 Å². The molecule has 0 aliphatic carbocycles. The lowest BCUT2D eigenvalue weighted by molar-refractivity contribution is 0.102. The smallest absolute Gasteiger partial charge is 0.257 e. The highest BCUT2D eigenvalue weighted by atomic mass is 16.5. The summed E-state index contributed by atoms with van der Waals surface area (Å²) in [5.74, 6) is 0.658. The van der Waals surface area contributed by atoms with Crippen LogP contribution in [0.5, 0.6) is 11.5 Å². The second-order valence-corrected chi connectivity index (χ2v) is 4.70. The van der Waals surface area contributed by atoms with Gasteiger partial charge in [-0.25, -0.2) is 0 Å². The van der Waals surface area contributed by atoms with Crippen LogP contribution in [0.3, 0.4) is 0 Å². The van der Waals surface area contributed by atoms with Crippen LogP contribution in [0.25, 0.3) is 0 Å². The Labute approximate surface area is 116 Å². The van der Waals surface area contributed by atoms with Crippen LogP contribution in [0.4, 0.5) is 5.82 Å². The summed E-state index contributed by atoms with van der Waals surface area (Å²) in [7, 11) is 1.45. The number of anilines is 1. The number of phenolic OH excluding ortho intramolecular Hbond substituents is 1.